The van der Waals surface area contributed by atoms with Crippen LogP contribution < -0.4 is 10.2 Å². The van der Waals surface area contributed by atoms with Crippen molar-refractivity contribution >= 4 is 0 Å². The first-order valence-electron chi connectivity index (χ1n) is 6.10. The fourth-order valence-electron chi connectivity index (χ4n) is 2.72. The Morgan fingerprint density at radius 3 is 2.73 bits per heavy atom. The largest absolute Gasteiger partial charge is 0.337 e. The third-order valence-corrected chi connectivity index (χ3v) is 3.60. The van der Waals surface area contributed by atoms with Crippen molar-refractivity contribution in [1.29, 1.82) is 0 Å². The fraction of sp³-hybridized carbons (Fsp3) is 0.538. The standard InChI is InChI=1S/C13H20N2/c1-3-15(4-2)13-10-14-9-11-7-5-6-8-12(11)13/h5-8,13-14H,3-4,9-10H2,1-2H3/p+2/t13-/m1/s1. The number of nitrogens with one attached hydrogen (secondary N) is 1. The molecule has 0 spiro atoms. The molecule has 82 valence electrons. The Kier molecular flexibility index (Phi) is 3.39. The van der Waals surface area contributed by atoms with E-state index in [-0.39, 0.29) is 0 Å². The molecule has 0 aliphatic carbocycles. The van der Waals surface area contributed by atoms with Crippen molar-refractivity contribution in [3.8, 4) is 0 Å². The van der Waals surface area contributed by atoms with E-state index in [1.54, 1.807) is 10.5 Å². The maximum Gasteiger partial charge on any atom is 0.163 e. The molecule has 1 aromatic carbocycles. The average Bonchev–Trinajstić information content (AvgIpc) is 2.31. The van der Waals surface area contributed by atoms with Gasteiger partial charge in [0.1, 0.15) is 13.1 Å². The molecule has 15 heavy (non-hydrogen) atoms. The van der Waals surface area contributed by atoms with Crippen LogP contribution in [-0.4, -0.2) is 19.6 Å². The van der Waals surface area contributed by atoms with E-state index in [0.29, 0.717) is 6.04 Å². The van der Waals surface area contributed by atoms with Crippen LogP contribution in [0, 0.1) is 0 Å². The molecule has 0 fully saturated rings. The molecular weight excluding hydrogens is 184 g/mol. The van der Waals surface area contributed by atoms with E-state index in [4.69, 9.17) is 0 Å². The summed E-state index contributed by atoms with van der Waals surface area (Å²) in [5.41, 5.74) is 3.12. The summed E-state index contributed by atoms with van der Waals surface area (Å²) in [6.07, 6.45) is 0. The Hall–Kier alpha value is -0.860. The summed E-state index contributed by atoms with van der Waals surface area (Å²) in [7, 11) is 0. The van der Waals surface area contributed by atoms with Gasteiger partial charge >= 0.3 is 0 Å². The Labute approximate surface area is 92.3 Å². The summed E-state index contributed by atoms with van der Waals surface area (Å²) in [5.74, 6) is 0. The Balaban J connectivity index is 2.28. The van der Waals surface area contributed by atoms with Gasteiger partial charge in [-0.1, -0.05) is 24.3 Å². The second-order valence-corrected chi connectivity index (χ2v) is 4.35. The van der Waals surface area contributed by atoms with Crippen molar-refractivity contribution in [3.63, 3.8) is 0 Å². The van der Waals surface area contributed by atoms with Crippen LogP contribution in [0.5, 0.6) is 0 Å². The minimum atomic E-state index is 0.699. The highest BCUT2D eigenvalue weighted by molar-refractivity contribution is 5.29. The van der Waals surface area contributed by atoms with Crippen LogP contribution in [0.15, 0.2) is 24.3 Å². The fourth-order valence-corrected chi connectivity index (χ4v) is 2.72. The zero-order valence-corrected chi connectivity index (χ0v) is 9.79. The molecule has 0 amide bonds. The van der Waals surface area contributed by atoms with Gasteiger partial charge in [-0.15, -0.1) is 0 Å². The second kappa shape index (κ2) is 4.77. The van der Waals surface area contributed by atoms with Gasteiger partial charge in [0.05, 0.1) is 13.1 Å². The highest BCUT2D eigenvalue weighted by Crippen LogP contribution is 2.16. The molecule has 1 heterocycles. The number of hydrogen-bond donors (Lipinski definition) is 2. The highest BCUT2D eigenvalue weighted by atomic mass is 15.2. The number of rotatable bonds is 3. The van der Waals surface area contributed by atoms with Gasteiger partial charge in [-0.2, -0.15) is 0 Å². The quantitative estimate of drug-likeness (QED) is 0.679. The lowest BCUT2D eigenvalue weighted by atomic mass is 9.95. The summed E-state index contributed by atoms with van der Waals surface area (Å²) in [6.45, 7) is 9.43. The van der Waals surface area contributed by atoms with E-state index in [9.17, 15) is 0 Å². The summed E-state index contributed by atoms with van der Waals surface area (Å²) in [6, 6.07) is 9.64. The molecule has 1 aliphatic rings. The van der Waals surface area contributed by atoms with Crippen LogP contribution in [0.4, 0.5) is 0 Å². The molecule has 0 radical (unpaired) electrons. The zero-order valence-electron chi connectivity index (χ0n) is 9.79. The smallest absolute Gasteiger partial charge is 0.163 e. The summed E-state index contributed by atoms with van der Waals surface area (Å²) >= 11 is 0. The average molecular weight is 206 g/mol. The van der Waals surface area contributed by atoms with Crippen LogP contribution in [0.2, 0.25) is 0 Å². The van der Waals surface area contributed by atoms with Gasteiger partial charge in [-0.3, -0.25) is 0 Å². The van der Waals surface area contributed by atoms with Crippen molar-refractivity contribution in [2.24, 2.45) is 0 Å². The first-order valence-corrected chi connectivity index (χ1v) is 6.10. The normalized spacial score (nSPS) is 20.3. The molecule has 1 atom stereocenters. The van der Waals surface area contributed by atoms with Gasteiger partial charge in [0.2, 0.25) is 0 Å². The van der Waals surface area contributed by atoms with E-state index >= 15 is 0 Å². The molecule has 0 unspecified atom stereocenters. The molecule has 1 aliphatic heterocycles. The zero-order chi connectivity index (χ0) is 10.7. The van der Waals surface area contributed by atoms with Crippen LogP contribution in [-0.2, 0) is 6.54 Å². The lowest BCUT2D eigenvalue weighted by Crippen LogP contribution is -3.14. The van der Waals surface area contributed by atoms with Crippen molar-refractivity contribution in [3.05, 3.63) is 35.4 Å². The number of quaternary nitrogens is 2. The Morgan fingerprint density at radius 1 is 1.27 bits per heavy atom. The maximum atomic E-state index is 2.44. The molecule has 0 saturated heterocycles. The van der Waals surface area contributed by atoms with E-state index in [1.165, 1.54) is 25.2 Å². The predicted octanol–water partition coefficient (Wildman–Crippen LogP) is -0.271. The van der Waals surface area contributed by atoms with Gasteiger partial charge in [-0.05, 0) is 13.8 Å². The predicted molar refractivity (Wildman–Crippen MR) is 61.7 cm³/mol. The summed E-state index contributed by atoms with van der Waals surface area (Å²) in [4.78, 5) is 1.71. The van der Waals surface area contributed by atoms with Crippen LogP contribution in [0.25, 0.3) is 0 Å². The molecule has 2 nitrogen and oxygen atoms in total. The van der Waals surface area contributed by atoms with Crippen molar-refractivity contribution in [2.45, 2.75) is 26.4 Å². The van der Waals surface area contributed by atoms with Gasteiger partial charge in [-0.25, -0.2) is 0 Å². The van der Waals surface area contributed by atoms with Crippen LogP contribution in [0.3, 0.4) is 0 Å². The number of fused-ring (bicyclic) bond motifs is 1. The monoisotopic (exact) mass is 206 g/mol. The molecular formula is C13H22N2+2. The second-order valence-electron chi connectivity index (χ2n) is 4.35. The molecule has 0 saturated carbocycles. The third-order valence-electron chi connectivity index (χ3n) is 3.60. The minimum absolute atomic E-state index is 0.699. The molecule has 0 aromatic heterocycles. The molecule has 1 aromatic rings. The summed E-state index contributed by atoms with van der Waals surface area (Å²) < 4.78 is 0. The maximum absolute atomic E-state index is 2.44. The van der Waals surface area contributed by atoms with Crippen LogP contribution >= 0.6 is 0 Å². The molecule has 2 rings (SSSR count). The number of benzene rings is 1. The lowest BCUT2D eigenvalue weighted by Gasteiger charge is -2.30. The van der Waals surface area contributed by atoms with E-state index in [2.05, 4.69) is 43.4 Å². The highest BCUT2D eigenvalue weighted by Gasteiger charge is 2.29. The van der Waals surface area contributed by atoms with Crippen molar-refractivity contribution in [2.75, 3.05) is 19.6 Å². The minimum Gasteiger partial charge on any atom is -0.337 e. The number of nitrogens with two attached hydrogens (primary N) is 1. The van der Waals surface area contributed by atoms with Gasteiger partial charge in [0.15, 0.2) is 6.04 Å². The first-order chi connectivity index (χ1) is 7.36. The topological polar surface area (TPSA) is 21.1 Å². The van der Waals surface area contributed by atoms with E-state index < -0.39 is 0 Å². The first kappa shape index (κ1) is 10.7. The van der Waals surface area contributed by atoms with Gasteiger partial charge in [0.25, 0.3) is 0 Å². The number of likely N-dealkylation sites (N-methyl/N-ethyl adjacent to an activating group) is 1. The molecule has 0 bridgehead atoms. The molecule has 2 heteroatoms. The van der Waals surface area contributed by atoms with Crippen molar-refractivity contribution in [1.82, 2.24) is 0 Å². The van der Waals surface area contributed by atoms with Crippen molar-refractivity contribution < 1.29 is 10.2 Å². The Bertz CT molecular complexity index is 318. The van der Waals surface area contributed by atoms with E-state index in [0.717, 1.165) is 6.54 Å². The van der Waals surface area contributed by atoms with Gasteiger partial charge in [0, 0.05) is 11.1 Å². The third kappa shape index (κ3) is 2.06. The van der Waals surface area contributed by atoms with Crippen LogP contribution in [0.1, 0.15) is 31.0 Å². The lowest BCUT2D eigenvalue weighted by molar-refractivity contribution is -0.945. The molecule has 3 N–H and O–H groups in total. The van der Waals surface area contributed by atoms with Gasteiger partial charge < -0.3 is 10.2 Å². The Morgan fingerprint density at radius 2 is 2.00 bits per heavy atom. The summed E-state index contributed by atoms with van der Waals surface area (Å²) in [5, 5.41) is 2.44. The number of hydrogen-bond acceptors (Lipinski definition) is 0. The SMILES string of the molecule is CC[NH+](CC)[C@@H]1C[NH2+]Cc2ccccc21. The van der Waals surface area contributed by atoms with E-state index in [1.807, 2.05) is 0 Å².